The molecule has 0 saturated heterocycles. The maximum Gasteiger partial charge on any atom is 0.142 e. The van der Waals surface area contributed by atoms with E-state index in [0.717, 1.165) is 0 Å². The fourth-order valence-corrected chi connectivity index (χ4v) is 0.963. The molecule has 1 atom stereocenters. The van der Waals surface area contributed by atoms with Crippen LogP contribution in [-0.2, 0) is 0 Å². The molecular formula is C11H16FNO. The summed E-state index contributed by atoms with van der Waals surface area (Å²) in [6.07, 6.45) is 0.0720. The van der Waals surface area contributed by atoms with Gasteiger partial charge in [-0.05, 0) is 25.0 Å². The van der Waals surface area contributed by atoms with Crippen LogP contribution in [0, 0.1) is 11.7 Å². The topological polar surface area (TPSA) is 35.2 Å². The average Bonchev–Trinajstić information content (AvgIpc) is 2.09. The molecule has 0 fully saturated rings. The van der Waals surface area contributed by atoms with Gasteiger partial charge < -0.3 is 10.5 Å². The number of hydrogen-bond acceptors (Lipinski definition) is 2. The molecule has 0 aliphatic heterocycles. The molecule has 1 unspecified atom stereocenters. The van der Waals surface area contributed by atoms with Gasteiger partial charge in [0.2, 0.25) is 0 Å². The number of ether oxygens (including phenoxy) is 1. The van der Waals surface area contributed by atoms with Crippen LogP contribution in [0.3, 0.4) is 0 Å². The maximum absolute atomic E-state index is 12.7. The van der Waals surface area contributed by atoms with Gasteiger partial charge in [-0.3, -0.25) is 0 Å². The predicted molar refractivity (Wildman–Crippen MR) is 55.7 cm³/mol. The number of benzene rings is 1. The molecule has 3 heteroatoms. The first-order valence-electron chi connectivity index (χ1n) is 4.72. The summed E-state index contributed by atoms with van der Waals surface area (Å²) in [5.41, 5.74) is 5.95. The van der Waals surface area contributed by atoms with Gasteiger partial charge in [-0.25, -0.2) is 4.39 Å². The van der Waals surface area contributed by atoms with E-state index in [1.165, 1.54) is 12.1 Å². The lowest BCUT2D eigenvalue weighted by Gasteiger charge is -2.19. The largest absolute Gasteiger partial charge is 0.488 e. The first kappa shape index (κ1) is 10.8. The summed E-state index contributed by atoms with van der Waals surface area (Å²) < 4.78 is 18.3. The predicted octanol–water partition coefficient (Wildman–Crippen LogP) is 2.83. The average molecular weight is 197 g/mol. The summed E-state index contributed by atoms with van der Waals surface area (Å²) in [6, 6.07) is 4.17. The Morgan fingerprint density at radius 1 is 1.29 bits per heavy atom. The molecule has 0 heterocycles. The van der Waals surface area contributed by atoms with Gasteiger partial charge in [-0.15, -0.1) is 0 Å². The smallest absolute Gasteiger partial charge is 0.142 e. The summed E-state index contributed by atoms with van der Waals surface area (Å²) >= 11 is 0. The van der Waals surface area contributed by atoms with Gasteiger partial charge in [-0.2, -0.15) is 0 Å². The number of hydrogen-bond donors (Lipinski definition) is 1. The SMILES string of the molecule is CC(C)C(C)Oc1ccc(F)cc1N. The summed E-state index contributed by atoms with van der Waals surface area (Å²) in [5.74, 6) is 0.610. The zero-order valence-electron chi connectivity index (χ0n) is 8.75. The number of anilines is 1. The van der Waals surface area contributed by atoms with Crippen molar-refractivity contribution in [3.63, 3.8) is 0 Å². The van der Waals surface area contributed by atoms with Crippen molar-refractivity contribution in [3.05, 3.63) is 24.0 Å². The highest BCUT2D eigenvalue weighted by molar-refractivity contribution is 5.52. The Morgan fingerprint density at radius 2 is 1.93 bits per heavy atom. The maximum atomic E-state index is 12.7. The molecule has 0 aliphatic carbocycles. The number of halogens is 1. The summed E-state index contributed by atoms with van der Waals surface area (Å²) in [5, 5.41) is 0. The van der Waals surface area contributed by atoms with Crippen molar-refractivity contribution in [1.82, 2.24) is 0 Å². The molecular weight excluding hydrogens is 181 g/mol. The fraction of sp³-hybridized carbons (Fsp3) is 0.455. The van der Waals surface area contributed by atoms with Crippen molar-refractivity contribution in [2.45, 2.75) is 26.9 Å². The van der Waals surface area contributed by atoms with E-state index < -0.39 is 0 Å². The molecule has 14 heavy (non-hydrogen) atoms. The van der Waals surface area contributed by atoms with Crippen LogP contribution in [-0.4, -0.2) is 6.10 Å². The molecule has 1 aromatic carbocycles. The van der Waals surface area contributed by atoms with Gasteiger partial charge in [-0.1, -0.05) is 13.8 Å². The minimum atomic E-state index is -0.341. The quantitative estimate of drug-likeness (QED) is 0.756. The van der Waals surface area contributed by atoms with E-state index in [1.54, 1.807) is 6.07 Å². The third-order valence-electron chi connectivity index (χ3n) is 2.22. The van der Waals surface area contributed by atoms with Crippen LogP contribution in [0.25, 0.3) is 0 Å². The van der Waals surface area contributed by atoms with Crippen molar-refractivity contribution in [1.29, 1.82) is 0 Å². The minimum Gasteiger partial charge on any atom is -0.488 e. The van der Waals surface area contributed by atoms with Crippen molar-refractivity contribution >= 4 is 5.69 Å². The highest BCUT2D eigenvalue weighted by Gasteiger charge is 2.10. The number of nitrogens with two attached hydrogens (primary N) is 1. The van der Waals surface area contributed by atoms with E-state index in [-0.39, 0.29) is 11.9 Å². The number of nitrogen functional groups attached to an aromatic ring is 1. The van der Waals surface area contributed by atoms with Crippen LogP contribution in [0.2, 0.25) is 0 Å². The van der Waals surface area contributed by atoms with E-state index in [9.17, 15) is 4.39 Å². The highest BCUT2D eigenvalue weighted by Crippen LogP contribution is 2.24. The van der Waals surface area contributed by atoms with E-state index in [0.29, 0.717) is 17.4 Å². The molecule has 2 nitrogen and oxygen atoms in total. The summed E-state index contributed by atoms with van der Waals surface area (Å²) in [7, 11) is 0. The molecule has 2 N–H and O–H groups in total. The third-order valence-corrected chi connectivity index (χ3v) is 2.22. The van der Waals surface area contributed by atoms with Gasteiger partial charge in [0.25, 0.3) is 0 Å². The first-order chi connectivity index (χ1) is 6.50. The lowest BCUT2D eigenvalue weighted by atomic mass is 10.1. The standard InChI is InChI=1S/C11H16FNO/c1-7(2)8(3)14-11-5-4-9(12)6-10(11)13/h4-8H,13H2,1-3H3. The van der Waals surface area contributed by atoms with Crippen LogP contribution in [0.4, 0.5) is 10.1 Å². The van der Waals surface area contributed by atoms with E-state index >= 15 is 0 Å². The Morgan fingerprint density at radius 3 is 2.43 bits per heavy atom. The Labute approximate surface area is 83.9 Å². The molecule has 0 bridgehead atoms. The molecule has 0 amide bonds. The second-order valence-corrected chi connectivity index (χ2v) is 3.75. The van der Waals surface area contributed by atoms with Crippen molar-refractivity contribution < 1.29 is 9.13 Å². The molecule has 0 aliphatic rings. The fourth-order valence-electron chi connectivity index (χ4n) is 0.963. The van der Waals surface area contributed by atoms with Gasteiger partial charge in [0, 0.05) is 6.07 Å². The molecule has 0 saturated carbocycles. The first-order valence-corrected chi connectivity index (χ1v) is 4.72. The summed E-state index contributed by atoms with van der Waals surface area (Å²) in [4.78, 5) is 0. The normalized spacial score (nSPS) is 12.9. The lowest BCUT2D eigenvalue weighted by molar-refractivity contribution is 0.171. The van der Waals surface area contributed by atoms with Crippen LogP contribution in [0.15, 0.2) is 18.2 Å². The molecule has 1 rings (SSSR count). The highest BCUT2D eigenvalue weighted by atomic mass is 19.1. The number of rotatable bonds is 3. The monoisotopic (exact) mass is 197 g/mol. The van der Waals surface area contributed by atoms with Crippen LogP contribution < -0.4 is 10.5 Å². The van der Waals surface area contributed by atoms with Crippen molar-refractivity contribution in [3.8, 4) is 5.75 Å². The third kappa shape index (κ3) is 2.62. The van der Waals surface area contributed by atoms with Gasteiger partial charge >= 0.3 is 0 Å². The second kappa shape index (κ2) is 4.31. The Balaban J connectivity index is 2.77. The van der Waals surface area contributed by atoms with Crippen LogP contribution in [0.1, 0.15) is 20.8 Å². The Kier molecular flexibility index (Phi) is 3.33. The molecule has 0 aromatic heterocycles. The Hall–Kier alpha value is -1.25. The zero-order chi connectivity index (χ0) is 10.7. The van der Waals surface area contributed by atoms with Gasteiger partial charge in [0.15, 0.2) is 0 Å². The molecule has 78 valence electrons. The lowest BCUT2D eigenvalue weighted by Crippen LogP contribution is -2.19. The van der Waals surface area contributed by atoms with Crippen molar-refractivity contribution in [2.24, 2.45) is 5.92 Å². The van der Waals surface area contributed by atoms with Crippen molar-refractivity contribution in [2.75, 3.05) is 5.73 Å². The van der Waals surface area contributed by atoms with E-state index in [1.807, 2.05) is 6.92 Å². The van der Waals surface area contributed by atoms with Crippen LogP contribution >= 0.6 is 0 Å². The second-order valence-electron chi connectivity index (χ2n) is 3.75. The minimum absolute atomic E-state index is 0.0720. The summed E-state index contributed by atoms with van der Waals surface area (Å²) in [6.45, 7) is 6.09. The molecule has 0 radical (unpaired) electrons. The molecule has 1 aromatic rings. The zero-order valence-corrected chi connectivity index (χ0v) is 8.75. The van der Waals surface area contributed by atoms with Gasteiger partial charge in [0.05, 0.1) is 11.8 Å². The molecule has 0 spiro atoms. The van der Waals surface area contributed by atoms with E-state index in [2.05, 4.69) is 13.8 Å². The van der Waals surface area contributed by atoms with E-state index in [4.69, 9.17) is 10.5 Å². The van der Waals surface area contributed by atoms with Gasteiger partial charge in [0.1, 0.15) is 11.6 Å². The Bertz CT molecular complexity index is 312. The van der Waals surface area contributed by atoms with Crippen LogP contribution in [0.5, 0.6) is 5.75 Å².